The van der Waals surface area contributed by atoms with Gasteiger partial charge in [0.25, 0.3) is 0 Å². The van der Waals surface area contributed by atoms with Crippen LogP contribution in [0.5, 0.6) is 5.75 Å². The lowest BCUT2D eigenvalue weighted by molar-refractivity contribution is -0.142. The molecule has 0 bridgehead atoms. The highest BCUT2D eigenvalue weighted by atomic mass is 16.5. The maximum absolute atomic E-state index is 9.25. The van der Waals surface area contributed by atoms with Gasteiger partial charge in [-0.3, -0.25) is 0 Å². The van der Waals surface area contributed by atoms with Crippen LogP contribution in [0, 0.1) is 0 Å². The molecule has 3 heteroatoms. The molecule has 0 atom stereocenters. The van der Waals surface area contributed by atoms with Crippen LogP contribution in [-0.2, 0) is 6.42 Å². The van der Waals surface area contributed by atoms with Crippen LogP contribution >= 0.6 is 0 Å². The van der Waals surface area contributed by atoms with Crippen molar-refractivity contribution in [2.45, 2.75) is 45.5 Å². The number of ether oxygens (including phenoxy) is 1. The molecule has 0 spiro atoms. The van der Waals surface area contributed by atoms with Crippen molar-refractivity contribution in [2.75, 3.05) is 0 Å². The fourth-order valence-electron chi connectivity index (χ4n) is 1.42. The summed E-state index contributed by atoms with van der Waals surface area (Å²) in [4.78, 5) is 0. The molecule has 1 aromatic carbocycles. The molecule has 0 saturated carbocycles. The lowest BCUT2D eigenvalue weighted by Gasteiger charge is -2.21. The van der Waals surface area contributed by atoms with Crippen molar-refractivity contribution in [3.63, 3.8) is 0 Å². The van der Waals surface area contributed by atoms with E-state index in [-0.39, 0.29) is 12.0 Å². The third kappa shape index (κ3) is 5.14. The summed E-state index contributed by atoms with van der Waals surface area (Å²) in [6.07, 6.45) is 0.211. The normalized spacial score (nSPS) is 12.6. The van der Waals surface area contributed by atoms with E-state index in [1.807, 2.05) is 45.0 Å². The minimum atomic E-state index is -1.66. The second kappa shape index (κ2) is 4.44. The van der Waals surface area contributed by atoms with Gasteiger partial charge in [0, 0.05) is 6.42 Å². The van der Waals surface area contributed by atoms with Crippen molar-refractivity contribution in [2.24, 2.45) is 0 Å². The third-order valence-electron chi connectivity index (χ3n) is 1.89. The summed E-state index contributed by atoms with van der Waals surface area (Å²) in [5, 5.41) is 18.5. The standard InChI is InChI=1S/C13H20O3/c1-12(2,3)16-11-7-5-10(6-8-11)9-13(4,14)15/h5-8,14-15H,9H2,1-4H3. The van der Waals surface area contributed by atoms with Crippen LogP contribution in [0.4, 0.5) is 0 Å². The van der Waals surface area contributed by atoms with Crippen molar-refractivity contribution in [3.8, 4) is 5.75 Å². The molecule has 0 amide bonds. The summed E-state index contributed by atoms with van der Waals surface area (Å²) in [7, 11) is 0. The fourth-order valence-corrected chi connectivity index (χ4v) is 1.42. The average molecular weight is 224 g/mol. The van der Waals surface area contributed by atoms with E-state index in [1.165, 1.54) is 6.92 Å². The van der Waals surface area contributed by atoms with Crippen molar-refractivity contribution < 1.29 is 14.9 Å². The topological polar surface area (TPSA) is 49.7 Å². The number of hydrogen-bond donors (Lipinski definition) is 2. The summed E-state index contributed by atoms with van der Waals surface area (Å²) >= 11 is 0. The highest BCUT2D eigenvalue weighted by Gasteiger charge is 2.16. The molecule has 0 heterocycles. The molecule has 16 heavy (non-hydrogen) atoms. The van der Waals surface area contributed by atoms with E-state index in [0.29, 0.717) is 0 Å². The summed E-state index contributed by atoms with van der Waals surface area (Å²) in [5.41, 5.74) is 0.651. The molecule has 0 fully saturated rings. The zero-order valence-corrected chi connectivity index (χ0v) is 10.3. The Bertz CT molecular complexity index is 293. The van der Waals surface area contributed by atoms with Crippen LogP contribution in [0.3, 0.4) is 0 Å². The lowest BCUT2D eigenvalue weighted by atomic mass is 10.1. The van der Waals surface area contributed by atoms with Crippen molar-refractivity contribution >= 4 is 0 Å². The van der Waals surface area contributed by atoms with Gasteiger partial charge in [-0.05, 0) is 45.4 Å². The van der Waals surface area contributed by atoms with Gasteiger partial charge in [-0.15, -0.1) is 0 Å². The lowest BCUT2D eigenvalue weighted by Crippen LogP contribution is -2.26. The molecule has 1 aromatic rings. The van der Waals surface area contributed by atoms with Crippen LogP contribution in [0.1, 0.15) is 33.3 Å². The van der Waals surface area contributed by atoms with E-state index >= 15 is 0 Å². The zero-order valence-electron chi connectivity index (χ0n) is 10.3. The highest BCUT2D eigenvalue weighted by molar-refractivity contribution is 5.28. The predicted octanol–water partition coefficient (Wildman–Crippen LogP) is 2.11. The molecule has 90 valence electrons. The second-order valence-electron chi connectivity index (χ2n) is 5.25. The molecule has 0 aliphatic carbocycles. The Balaban J connectivity index is 2.69. The predicted molar refractivity (Wildman–Crippen MR) is 63.4 cm³/mol. The van der Waals surface area contributed by atoms with Gasteiger partial charge in [0.05, 0.1) is 0 Å². The summed E-state index contributed by atoms with van der Waals surface area (Å²) in [6, 6.07) is 7.36. The van der Waals surface area contributed by atoms with Crippen molar-refractivity contribution in [1.82, 2.24) is 0 Å². The summed E-state index contributed by atoms with van der Waals surface area (Å²) in [6.45, 7) is 7.32. The zero-order chi connectivity index (χ0) is 12.4. The molecule has 0 saturated heterocycles. The molecule has 0 aliphatic rings. The second-order valence-corrected chi connectivity index (χ2v) is 5.25. The van der Waals surface area contributed by atoms with Gasteiger partial charge in [-0.2, -0.15) is 0 Å². The van der Waals surface area contributed by atoms with Gasteiger partial charge in [-0.25, -0.2) is 0 Å². The molecule has 3 nitrogen and oxygen atoms in total. The van der Waals surface area contributed by atoms with Crippen LogP contribution in [0.2, 0.25) is 0 Å². The van der Waals surface area contributed by atoms with Gasteiger partial charge in [0.15, 0.2) is 5.79 Å². The van der Waals surface area contributed by atoms with E-state index in [4.69, 9.17) is 4.74 Å². The van der Waals surface area contributed by atoms with Gasteiger partial charge in [0.2, 0.25) is 0 Å². The number of hydrogen-bond acceptors (Lipinski definition) is 3. The van der Waals surface area contributed by atoms with Crippen LogP contribution in [0.25, 0.3) is 0 Å². The Kier molecular flexibility index (Phi) is 3.61. The number of benzene rings is 1. The Morgan fingerprint density at radius 3 is 1.88 bits per heavy atom. The van der Waals surface area contributed by atoms with Crippen LogP contribution < -0.4 is 4.74 Å². The average Bonchev–Trinajstić information content (AvgIpc) is 2.03. The smallest absolute Gasteiger partial charge is 0.163 e. The summed E-state index contributed by atoms with van der Waals surface area (Å²) < 4.78 is 5.66. The van der Waals surface area contributed by atoms with Crippen molar-refractivity contribution in [1.29, 1.82) is 0 Å². The van der Waals surface area contributed by atoms with E-state index in [2.05, 4.69) is 0 Å². The maximum Gasteiger partial charge on any atom is 0.163 e. The Morgan fingerprint density at radius 2 is 1.50 bits per heavy atom. The molecular formula is C13H20O3. The fraction of sp³-hybridized carbons (Fsp3) is 0.538. The third-order valence-corrected chi connectivity index (χ3v) is 1.89. The van der Waals surface area contributed by atoms with E-state index in [0.717, 1.165) is 11.3 Å². The molecule has 0 unspecified atom stereocenters. The number of rotatable bonds is 3. The minimum absolute atomic E-state index is 0.211. The molecular weight excluding hydrogens is 204 g/mol. The van der Waals surface area contributed by atoms with E-state index < -0.39 is 5.79 Å². The quantitative estimate of drug-likeness (QED) is 0.773. The van der Waals surface area contributed by atoms with Gasteiger partial charge < -0.3 is 14.9 Å². The maximum atomic E-state index is 9.25. The van der Waals surface area contributed by atoms with Gasteiger partial charge in [-0.1, -0.05) is 12.1 Å². The molecule has 0 aliphatic heterocycles. The van der Waals surface area contributed by atoms with E-state index in [9.17, 15) is 10.2 Å². The van der Waals surface area contributed by atoms with Crippen molar-refractivity contribution in [3.05, 3.63) is 29.8 Å². The molecule has 0 aromatic heterocycles. The Hall–Kier alpha value is -1.06. The van der Waals surface area contributed by atoms with Crippen LogP contribution in [-0.4, -0.2) is 21.6 Å². The van der Waals surface area contributed by atoms with Gasteiger partial charge >= 0.3 is 0 Å². The first kappa shape index (κ1) is 13.0. The Morgan fingerprint density at radius 1 is 1.00 bits per heavy atom. The molecule has 0 radical (unpaired) electrons. The van der Waals surface area contributed by atoms with Crippen LogP contribution in [0.15, 0.2) is 24.3 Å². The largest absolute Gasteiger partial charge is 0.488 e. The summed E-state index contributed by atoms with van der Waals surface area (Å²) in [5.74, 6) is -0.874. The molecule has 1 rings (SSSR count). The Labute approximate surface area is 96.7 Å². The first-order valence-corrected chi connectivity index (χ1v) is 5.38. The first-order chi connectivity index (χ1) is 7.16. The number of aliphatic hydroxyl groups is 2. The highest BCUT2D eigenvalue weighted by Crippen LogP contribution is 2.20. The van der Waals surface area contributed by atoms with Gasteiger partial charge in [0.1, 0.15) is 11.4 Å². The molecule has 2 N–H and O–H groups in total. The monoisotopic (exact) mass is 224 g/mol. The van der Waals surface area contributed by atoms with E-state index in [1.54, 1.807) is 0 Å². The first-order valence-electron chi connectivity index (χ1n) is 5.38. The minimum Gasteiger partial charge on any atom is -0.488 e. The SMILES string of the molecule is CC(O)(O)Cc1ccc(OC(C)(C)C)cc1.